The fraction of sp³-hybridized carbons (Fsp3) is 0.950. The maximum Gasteiger partial charge on any atom is 0.191 e. The Morgan fingerprint density at radius 1 is 1.19 bits per heavy atom. The lowest BCUT2D eigenvalue weighted by Crippen LogP contribution is -2.53. The number of ether oxygens (including phenoxy) is 2. The third-order valence-corrected chi connectivity index (χ3v) is 5.62. The molecule has 1 heterocycles. The second-order valence-electron chi connectivity index (χ2n) is 7.54. The summed E-state index contributed by atoms with van der Waals surface area (Å²) in [6.45, 7) is 12.0. The van der Waals surface area contributed by atoms with Crippen LogP contribution in [0.3, 0.4) is 0 Å². The van der Waals surface area contributed by atoms with Crippen LogP contribution in [0.25, 0.3) is 0 Å². The van der Waals surface area contributed by atoms with Crippen LogP contribution in [0.5, 0.6) is 0 Å². The predicted molar refractivity (Wildman–Crippen MR) is 123 cm³/mol. The molecule has 0 amide bonds. The fourth-order valence-corrected chi connectivity index (χ4v) is 3.67. The molecule has 160 valence electrons. The van der Waals surface area contributed by atoms with Gasteiger partial charge in [-0.3, -0.25) is 9.89 Å². The summed E-state index contributed by atoms with van der Waals surface area (Å²) >= 11 is 0. The van der Waals surface area contributed by atoms with Crippen LogP contribution in [-0.4, -0.2) is 76.6 Å². The smallest absolute Gasteiger partial charge is 0.191 e. The van der Waals surface area contributed by atoms with Gasteiger partial charge in [-0.25, -0.2) is 0 Å². The van der Waals surface area contributed by atoms with Crippen LogP contribution >= 0.6 is 24.0 Å². The van der Waals surface area contributed by atoms with Gasteiger partial charge in [-0.2, -0.15) is 0 Å². The highest BCUT2D eigenvalue weighted by molar-refractivity contribution is 14.0. The van der Waals surface area contributed by atoms with Gasteiger partial charge in [0.05, 0.1) is 13.2 Å². The lowest BCUT2D eigenvalue weighted by molar-refractivity contribution is 0.00272. The largest absolute Gasteiger partial charge is 0.381 e. The van der Waals surface area contributed by atoms with E-state index in [-0.39, 0.29) is 24.0 Å². The molecule has 27 heavy (non-hydrogen) atoms. The first-order valence-electron chi connectivity index (χ1n) is 10.6. The molecule has 0 radical (unpaired) electrons. The number of nitrogens with one attached hydrogen (secondary N) is 2. The number of hydrogen-bond donors (Lipinski definition) is 2. The molecule has 1 atom stereocenters. The molecule has 1 aliphatic carbocycles. The zero-order valence-electron chi connectivity index (χ0n) is 17.5. The second-order valence-corrected chi connectivity index (χ2v) is 7.54. The highest BCUT2D eigenvalue weighted by atomic mass is 127. The Morgan fingerprint density at radius 2 is 1.89 bits per heavy atom. The molecule has 0 aromatic heterocycles. The Morgan fingerprint density at radius 3 is 2.48 bits per heavy atom. The number of aliphatic imine (C=N–C) groups is 1. The molecule has 2 rings (SSSR count). The van der Waals surface area contributed by atoms with Crippen LogP contribution in [0.4, 0.5) is 0 Å². The van der Waals surface area contributed by atoms with Crippen molar-refractivity contribution in [3.8, 4) is 0 Å². The molecular formula is C20H41IN4O2. The van der Waals surface area contributed by atoms with Gasteiger partial charge in [-0.05, 0) is 31.1 Å². The van der Waals surface area contributed by atoms with E-state index in [9.17, 15) is 0 Å². The number of guanidine groups is 1. The lowest BCUT2D eigenvalue weighted by atomic mass is 9.92. The van der Waals surface area contributed by atoms with Gasteiger partial charge in [-0.1, -0.05) is 26.7 Å². The topological polar surface area (TPSA) is 58.1 Å². The summed E-state index contributed by atoms with van der Waals surface area (Å²) in [4.78, 5) is 6.97. The van der Waals surface area contributed by atoms with E-state index in [2.05, 4.69) is 34.4 Å². The quantitative estimate of drug-likeness (QED) is 0.188. The van der Waals surface area contributed by atoms with Gasteiger partial charge in [0.25, 0.3) is 0 Å². The summed E-state index contributed by atoms with van der Waals surface area (Å²) in [5.74, 6) is 2.45. The first kappa shape index (κ1) is 24.9. The molecule has 2 N–H and O–H groups in total. The first-order chi connectivity index (χ1) is 12.8. The number of morpholine rings is 1. The molecule has 0 bridgehead atoms. The SMILES string of the molecule is CCC(CC)C(CNC(=NC)NCCCOCC1CC1)N1CCOCC1.I. The molecule has 7 heteroatoms. The van der Waals surface area contributed by atoms with Gasteiger partial charge in [0.1, 0.15) is 0 Å². The minimum absolute atomic E-state index is 0. The Labute approximate surface area is 183 Å². The van der Waals surface area contributed by atoms with Crippen molar-refractivity contribution in [2.24, 2.45) is 16.8 Å². The van der Waals surface area contributed by atoms with Gasteiger partial charge in [0, 0.05) is 52.5 Å². The fourth-order valence-electron chi connectivity index (χ4n) is 3.67. The van der Waals surface area contributed by atoms with Crippen molar-refractivity contribution in [1.82, 2.24) is 15.5 Å². The minimum atomic E-state index is 0. The third-order valence-electron chi connectivity index (χ3n) is 5.62. The van der Waals surface area contributed by atoms with Crippen molar-refractivity contribution in [2.45, 2.75) is 52.0 Å². The molecule has 1 unspecified atom stereocenters. The summed E-state index contributed by atoms with van der Waals surface area (Å²) in [6.07, 6.45) is 6.16. The zero-order valence-corrected chi connectivity index (χ0v) is 19.9. The zero-order chi connectivity index (χ0) is 18.6. The summed E-state index contributed by atoms with van der Waals surface area (Å²) < 4.78 is 11.2. The maximum atomic E-state index is 5.69. The predicted octanol–water partition coefficient (Wildman–Crippen LogP) is 2.72. The molecule has 1 saturated heterocycles. The van der Waals surface area contributed by atoms with Crippen molar-refractivity contribution in [3.63, 3.8) is 0 Å². The van der Waals surface area contributed by atoms with Crippen molar-refractivity contribution < 1.29 is 9.47 Å². The highest BCUT2D eigenvalue weighted by Crippen LogP contribution is 2.28. The first-order valence-corrected chi connectivity index (χ1v) is 10.6. The highest BCUT2D eigenvalue weighted by Gasteiger charge is 2.27. The Hall–Kier alpha value is -0.120. The number of halogens is 1. The van der Waals surface area contributed by atoms with E-state index in [1.807, 2.05) is 7.05 Å². The van der Waals surface area contributed by atoms with Crippen molar-refractivity contribution in [3.05, 3.63) is 0 Å². The average Bonchev–Trinajstić information content (AvgIpc) is 3.51. The molecule has 0 aromatic rings. The van der Waals surface area contributed by atoms with Gasteiger partial charge < -0.3 is 20.1 Å². The van der Waals surface area contributed by atoms with Crippen LogP contribution in [0, 0.1) is 11.8 Å². The van der Waals surface area contributed by atoms with Gasteiger partial charge in [0.2, 0.25) is 0 Å². The summed E-state index contributed by atoms with van der Waals surface area (Å²) in [7, 11) is 1.85. The van der Waals surface area contributed by atoms with Crippen LogP contribution in [0.1, 0.15) is 46.0 Å². The van der Waals surface area contributed by atoms with E-state index in [4.69, 9.17) is 9.47 Å². The van der Waals surface area contributed by atoms with E-state index in [0.717, 1.165) is 70.9 Å². The van der Waals surface area contributed by atoms with E-state index in [1.165, 1.54) is 25.7 Å². The normalized spacial score (nSPS) is 19.6. The molecule has 2 aliphatic rings. The molecule has 6 nitrogen and oxygen atoms in total. The Balaban J connectivity index is 0.00000364. The van der Waals surface area contributed by atoms with Gasteiger partial charge >= 0.3 is 0 Å². The summed E-state index contributed by atoms with van der Waals surface area (Å²) in [5, 5.41) is 6.97. The van der Waals surface area contributed by atoms with E-state index < -0.39 is 0 Å². The molecule has 1 aliphatic heterocycles. The van der Waals surface area contributed by atoms with Crippen molar-refractivity contribution in [1.29, 1.82) is 0 Å². The van der Waals surface area contributed by atoms with Crippen molar-refractivity contribution in [2.75, 3.05) is 59.7 Å². The van der Waals surface area contributed by atoms with Crippen LogP contribution in [0.15, 0.2) is 4.99 Å². The average molecular weight is 496 g/mol. The number of hydrogen-bond acceptors (Lipinski definition) is 4. The Kier molecular flexibility index (Phi) is 13.7. The van der Waals surface area contributed by atoms with E-state index >= 15 is 0 Å². The molecule has 2 fully saturated rings. The molecular weight excluding hydrogens is 455 g/mol. The number of nitrogens with zero attached hydrogens (tertiary/aromatic N) is 2. The van der Waals surface area contributed by atoms with E-state index in [0.29, 0.717) is 12.0 Å². The molecule has 0 spiro atoms. The standard InChI is InChI=1S/C20H40N4O2.HI/c1-4-18(5-2)19(24-10-13-25-14-11-24)15-23-20(21-3)22-9-6-12-26-16-17-7-8-17;/h17-19H,4-16H2,1-3H3,(H2,21,22,23);1H. The molecule has 1 saturated carbocycles. The second kappa shape index (κ2) is 14.8. The number of rotatable bonds is 12. The maximum absolute atomic E-state index is 5.69. The van der Waals surface area contributed by atoms with Crippen LogP contribution in [-0.2, 0) is 9.47 Å². The van der Waals surface area contributed by atoms with E-state index in [1.54, 1.807) is 0 Å². The lowest BCUT2D eigenvalue weighted by Gasteiger charge is -2.39. The minimum Gasteiger partial charge on any atom is -0.381 e. The molecule has 0 aromatic carbocycles. The monoisotopic (exact) mass is 496 g/mol. The summed E-state index contributed by atoms with van der Waals surface area (Å²) in [6, 6.07) is 0.536. The third kappa shape index (κ3) is 9.76. The summed E-state index contributed by atoms with van der Waals surface area (Å²) in [5.41, 5.74) is 0. The van der Waals surface area contributed by atoms with Crippen LogP contribution in [0.2, 0.25) is 0 Å². The van der Waals surface area contributed by atoms with Gasteiger partial charge in [-0.15, -0.1) is 24.0 Å². The van der Waals surface area contributed by atoms with Gasteiger partial charge in [0.15, 0.2) is 5.96 Å². The van der Waals surface area contributed by atoms with Crippen LogP contribution < -0.4 is 10.6 Å². The van der Waals surface area contributed by atoms with Crippen molar-refractivity contribution >= 4 is 29.9 Å². The Bertz CT molecular complexity index is 397.